The first-order valence-corrected chi connectivity index (χ1v) is 7.73. The summed E-state index contributed by atoms with van der Waals surface area (Å²) in [6.45, 7) is 2.84. The Morgan fingerprint density at radius 3 is 2.76 bits per heavy atom. The van der Waals surface area contributed by atoms with E-state index in [9.17, 15) is 4.79 Å². The van der Waals surface area contributed by atoms with E-state index >= 15 is 0 Å². The van der Waals surface area contributed by atoms with Gasteiger partial charge in [0.25, 0.3) is 0 Å². The van der Waals surface area contributed by atoms with Gasteiger partial charge in [-0.25, -0.2) is 0 Å². The van der Waals surface area contributed by atoms with Gasteiger partial charge in [0.15, 0.2) is 0 Å². The van der Waals surface area contributed by atoms with E-state index in [0.717, 1.165) is 25.7 Å². The maximum absolute atomic E-state index is 11.6. The zero-order chi connectivity index (χ0) is 15.1. The molecule has 1 heterocycles. The number of hydrogen-bond donors (Lipinski definition) is 1. The Morgan fingerprint density at radius 2 is 2.00 bits per heavy atom. The summed E-state index contributed by atoms with van der Waals surface area (Å²) in [4.78, 5) is 11.6. The summed E-state index contributed by atoms with van der Waals surface area (Å²) < 4.78 is 10.9. The third kappa shape index (κ3) is 5.48. The molecule has 4 heteroatoms. The highest BCUT2D eigenvalue weighted by molar-refractivity contribution is 5.75. The first-order chi connectivity index (χ1) is 10.1. The third-order valence-electron chi connectivity index (χ3n) is 3.86. The zero-order valence-electron chi connectivity index (χ0n) is 12.7. The van der Waals surface area contributed by atoms with E-state index in [1.54, 1.807) is 0 Å². The van der Waals surface area contributed by atoms with Gasteiger partial charge in [-0.3, -0.25) is 4.79 Å². The standard InChI is InChI=1S/C17H25NO3/c1-13-10-15(11-20-12-16(18)17(19)21-13)9-5-8-14-6-3-2-4-7-14/h2-4,6-7,13,15-16H,5,8-12,18H2,1H3/t13?,15?,16-/m0/s1. The molecule has 4 nitrogen and oxygen atoms in total. The van der Waals surface area contributed by atoms with Crippen LogP contribution in [0.15, 0.2) is 30.3 Å². The van der Waals surface area contributed by atoms with Crippen molar-refractivity contribution in [3.63, 3.8) is 0 Å². The molecule has 21 heavy (non-hydrogen) atoms. The van der Waals surface area contributed by atoms with Crippen LogP contribution in [0.1, 0.15) is 31.7 Å². The van der Waals surface area contributed by atoms with Crippen molar-refractivity contribution < 1.29 is 14.3 Å². The number of carbonyl (C=O) groups excluding carboxylic acids is 1. The van der Waals surface area contributed by atoms with Crippen LogP contribution in [0, 0.1) is 5.92 Å². The molecule has 1 aliphatic heterocycles. The predicted octanol–water partition coefficient (Wildman–Crippen LogP) is 2.30. The van der Waals surface area contributed by atoms with Gasteiger partial charge in [-0.15, -0.1) is 0 Å². The second-order valence-corrected chi connectivity index (χ2v) is 5.87. The lowest BCUT2D eigenvalue weighted by atomic mass is 9.95. The SMILES string of the molecule is CC1CC(CCCc2ccccc2)COC[C@H](N)C(=O)O1. The summed E-state index contributed by atoms with van der Waals surface area (Å²) in [6.07, 6.45) is 4.02. The van der Waals surface area contributed by atoms with Gasteiger partial charge in [0.1, 0.15) is 6.04 Å². The number of carbonyl (C=O) groups is 1. The lowest BCUT2D eigenvalue weighted by molar-refractivity contribution is -0.150. The number of aryl methyl sites for hydroxylation is 1. The molecule has 1 aliphatic rings. The van der Waals surface area contributed by atoms with Crippen molar-refractivity contribution in [1.29, 1.82) is 0 Å². The van der Waals surface area contributed by atoms with Gasteiger partial charge in [-0.05, 0) is 44.1 Å². The fourth-order valence-electron chi connectivity index (χ4n) is 2.74. The Labute approximate surface area is 126 Å². The Bertz CT molecular complexity index is 435. The van der Waals surface area contributed by atoms with Crippen LogP contribution in [0.2, 0.25) is 0 Å². The average Bonchev–Trinajstić information content (AvgIpc) is 2.52. The molecule has 2 rings (SSSR count). The van der Waals surface area contributed by atoms with Gasteiger partial charge in [-0.2, -0.15) is 0 Å². The van der Waals surface area contributed by atoms with Gasteiger partial charge >= 0.3 is 5.97 Å². The first-order valence-electron chi connectivity index (χ1n) is 7.73. The summed E-state index contributed by atoms with van der Waals surface area (Å²) in [5.41, 5.74) is 7.07. The fourth-order valence-corrected chi connectivity index (χ4v) is 2.74. The number of hydrogen-bond acceptors (Lipinski definition) is 4. The normalized spacial score (nSPS) is 27.3. The maximum atomic E-state index is 11.6. The smallest absolute Gasteiger partial charge is 0.325 e. The Kier molecular flexibility index (Phi) is 6.21. The van der Waals surface area contributed by atoms with Crippen LogP contribution < -0.4 is 5.73 Å². The van der Waals surface area contributed by atoms with Crippen LogP contribution in [0.25, 0.3) is 0 Å². The highest BCUT2D eigenvalue weighted by Gasteiger charge is 2.24. The van der Waals surface area contributed by atoms with Gasteiger partial charge in [-0.1, -0.05) is 30.3 Å². The van der Waals surface area contributed by atoms with Crippen LogP contribution in [-0.4, -0.2) is 31.3 Å². The molecule has 0 aromatic heterocycles. The fraction of sp³-hybridized carbons (Fsp3) is 0.588. The Hall–Kier alpha value is -1.39. The molecule has 0 spiro atoms. The molecule has 3 atom stereocenters. The van der Waals surface area contributed by atoms with E-state index in [4.69, 9.17) is 15.2 Å². The largest absolute Gasteiger partial charge is 0.461 e. The van der Waals surface area contributed by atoms with Crippen molar-refractivity contribution in [3.8, 4) is 0 Å². The van der Waals surface area contributed by atoms with Crippen LogP contribution in [0.3, 0.4) is 0 Å². The molecule has 2 unspecified atom stereocenters. The lowest BCUT2D eigenvalue weighted by Crippen LogP contribution is -2.37. The molecule has 0 saturated carbocycles. The summed E-state index contributed by atoms with van der Waals surface area (Å²) >= 11 is 0. The summed E-state index contributed by atoms with van der Waals surface area (Å²) in [5, 5.41) is 0. The summed E-state index contributed by atoms with van der Waals surface area (Å²) in [6, 6.07) is 9.83. The van der Waals surface area contributed by atoms with Gasteiger partial charge in [0.05, 0.1) is 12.7 Å². The van der Waals surface area contributed by atoms with Crippen molar-refractivity contribution in [1.82, 2.24) is 0 Å². The number of esters is 1. The highest BCUT2D eigenvalue weighted by atomic mass is 16.5. The van der Waals surface area contributed by atoms with Crippen molar-refractivity contribution >= 4 is 5.97 Å². The quantitative estimate of drug-likeness (QED) is 0.865. The maximum Gasteiger partial charge on any atom is 0.325 e. The van der Waals surface area contributed by atoms with Crippen LogP contribution >= 0.6 is 0 Å². The van der Waals surface area contributed by atoms with Crippen LogP contribution in [0.4, 0.5) is 0 Å². The molecule has 1 fully saturated rings. The predicted molar refractivity (Wildman–Crippen MR) is 81.8 cm³/mol. The van der Waals surface area contributed by atoms with Gasteiger partial charge in [0, 0.05) is 6.61 Å². The Balaban J connectivity index is 1.80. The molecule has 1 aromatic carbocycles. The molecule has 2 N–H and O–H groups in total. The zero-order valence-corrected chi connectivity index (χ0v) is 12.7. The molecule has 0 amide bonds. The molecular weight excluding hydrogens is 266 g/mol. The third-order valence-corrected chi connectivity index (χ3v) is 3.86. The molecule has 0 radical (unpaired) electrons. The van der Waals surface area contributed by atoms with Crippen molar-refractivity contribution in [2.45, 2.75) is 44.8 Å². The molecule has 0 aliphatic carbocycles. The molecule has 1 aromatic rings. The summed E-state index contributed by atoms with van der Waals surface area (Å²) in [7, 11) is 0. The van der Waals surface area contributed by atoms with Crippen molar-refractivity contribution in [2.75, 3.05) is 13.2 Å². The average molecular weight is 291 g/mol. The number of rotatable bonds is 4. The van der Waals surface area contributed by atoms with E-state index in [1.807, 2.05) is 13.0 Å². The van der Waals surface area contributed by atoms with E-state index in [-0.39, 0.29) is 18.7 Å². The number of ether oxygens (including phenoxy) is 2. The van der Waals surface area contributed by atoms with E-state index in [0.29, 0.717) is 12.5 Å². The second kappa shape index (κ2) is 8.15. The van der Waals surface area contributed by atoms with Crippen LogP contribution in [-0.2, 0) is 20.7 Å². The van der Waals surface area contributed by atoms with Crippen molar-refractivity contribution in [2.24, 2.45) is 11.7 Å². The van der Waals surface area contributed by atoms with E-state index < -0.39 is 6.04 Å². The van der Waals surface area contributed by atoms with Gasteiger partial charge < -0.3 is 15.2 Å². The molecule has 1 saturated heterocycles. The minimum absolute atomic E-state index is 0.0908. The first kappa shape index (κ1) is 16.0. The minimum atomic E-state index is -0.657. The molecule has 116 valence electrons. The van der Waals surface area contributed by atoms with Gasteiger partial charge in [0.2, 0.25) is 0 Å². The highest BCUT2D eigenvalue weighted by Crippen LogP contribution is 2.19. The second-order valence-electron chi connectivity index (χ2n) is 5.87. The van der Waals surface area contributed by atoms with Crippen molar-refractivity contribution in [3.05, 3.63) is 35.9 Å². The number of cyclic esters (lactones) is 1. The monoisotopic (exact) mass is 291 g/mol. The number of benzene rings is 1. The van der Waals surface area contributed by atoms with E-state index in [1.165, 1.54) is 5.56 Å². The molecule has 0 bridgehead atoms. The van der Waals surface area contributed by atoms with E-state index in [2.05, 4.69) is 24.3 Å². The lowest BCUT2D eigenvalue weighted by Gasteiger charge is -2.19. The molecular formula is C17H25NO3. The minimum Gasteiger partial charge on any atom is -0.461 e. The summed E-state index contributed by atoms with van der Waals surface area (Å²) in [5.74, 6) is 0.0641. The Morgan fingerprint density at radius 1 is 1.24 bits per heavy atom. The van der Waals surface area contributed by atoms with Crippen LogP contribution in [0.5, 0.6) is 0 Å². The number of nitrogens with two attached hydrogens (primary N) is 1. The topological polar surface area (TPSA) is 61.5 Å².